The van der Waals surface area contributed by atoms with Gasteiger partial charge in [-0.15, -0.1) is 0 Å². The van der Waals surface area contributed by atoms with Gasteiger partial charge >= 0.3 is 5.69 Å². The van der Waals surface area contributed by atoms with Crippen molar-refractivity contribution in [3.63, 3.8) is 0 Å². The molecule has 0 aliphatic rings. The SMILES string of the molecule is Cn1c(=O)c2c(ncn2CC(=O)NN=CC(Br)=Cc2ccccc2)n(C)c1=O. The predicted octanol–water partition coefficient (Wildman–Crippen LogP) is 0.972. The molecule has 2 heterocycles. The van der Waals surface area contributed by atoms with E-state index in [0.717, 1.165) is 10.1 Å². The Hall–Kier alpha value is -3.27. The molecular formula is C18H17BrN6O3. The van der Waals surface area contributed by atoms with Gasteiger partial charge in [0, 0.05) is 18.6 Å². The number of fused-ring (bicyclic) bond motifs is 1. The van der Waals surface area contributed by atoms with Gasteiger partial charge in [0.2, 0.25) is 0 Å². The molecule has 3 rings (SSSR count). The Labute approximate surface area is 167 Å². The maximum absolute atomic E-state index is 12.4. The van der Waals surface area contributed by atoms with E-state index in [1.54, 1.807) is 0 Å². The Morgan fingerprint density at radius 3 is 2.64 bits per heavy atom. The van der Waals surface area contributed by atoms with Crippen molar-refractivity contribution < 1.29 is 4.79 Å². The van der Waals surface area contributed by atoms with Crippen LogP contribution in [0.2, 0.25) is 0 Å². The lowest BCUT2D eigenvalue weighted by Gasteiger charge is -2.05. The highest BCUT2D eigenvalue weighted by atomic mass is 79.9. The minimum atomic E-state index is -0.513. The van der Waals surface area contributed by atoms with Crippen LogP contribution in [0.25, 0.3) is 17.2 Å². The normalized spacial score (nSPS) is 12.0. The number of rotatable bonds is 5. The number of benzene rings is 1. The van der Waals surface area contributed by atoms with Gasteiger partial charge in [-0.1, -0.05) is 30.3 Å². The van der Waals surface area contributed by atoms with Gasteiger partial charge in [0.15, 0.2) is 11.2 Å². The number of aryl methyl sites for hydroxylation is 1. The van der Waals surface area contributed by atoms with E-state index in [4.69, 9.17) is 0 Å². The molecule has 144 valence electrons. The van der Waals surface area contributed by atoms with E-state index in [1.165, 1.54) is 35.8 Å². The number of hydrogen-bond acceptors (Lipinski definition) is 5. The van der Waals surface area contributed by atoms with Crippen LogP contribution in [0.1, 0.15) is 5.56 Å². The number of hydrogen-bond donors (Lipinski definition) is 1. The molecule has 0 fully saturated rings. The number of allylic oxidation sites excluding steroid dienone is 1. The molecule has 0 saturated heterocycles. The third-order valence-electron chi connectivity index (χ3n) is 4.01. The number of amides is 1. The van der Waals surface area contributed by atoms with Gasteiger partial charge in [-0.25, -0.2) is 15.2 Å². The maximum atomic E-state index is 12.4. The van der Waals surface area contributed by atoms with Crippen LogP contribution >= 0.6 is 15.9 Å². The van der Waals surface area contributed by atoms with Crippen LogP contribution in [0, 0.1) is 0 Å². The topological polar surface area (TPSA) is 103 Å². The van der Waals surface area contributed by atoms with Crippen LogP contribution in [0.5, 0.6) is 0 Å². The molecule has 0 radical (unpaired) electrons. The fraction of sp³-hybridized carbons (Fsp3) is 0.167. The quantitative estimate of drug-likeness (QED) is 0.467. The summed E-state index contributed by atoms with van der Waals surface area (Å²) in [6.07, 6.45) is 4.66. The van der Waals surface area contributed by atoms with E-state index in [1.807, 2.05) is 36.4 Å². The van der Waals surface area contributed by atoms with Crippen molar-refractivity contribution in [2.75, 3.05) is 0 Å². The molecule has 0 bridgehead atoms. The van der Waals surface area contributed by atoms with E-state index in [2.05, 4.69) is 31.4 Å². The number of carbonyl (C=O) groups is 1. The largest absolute Gasteiger partial charge is 0.332 e. The molecule has 0 spiro atoms. The molecule has 1 aromatic carbocycles. The number of hydrazone groups is 1. The zero-order valence-corrected chi connectivity index (χ0v) is 16.8. The molecule has 28 heavy (non-hydrogen) atoms. The first-order valence-corrected chi connectivity index (χ1v) is 9.03. The molecule has 0 saturated carbocycles. The van der Waals surface area contributed by atoms with E-state index < -0.39 is 17.2 Å². The Bertz CT molecular complexity index is 1200. The van der Waals surface area contributed by atoms with Crippen molar-refractivity contribution in [1.29, 1.82) is 0 Å². The van der Waals surface area contributed by atoms with Crippen molar-refractivity contribution in [1.82, 2.24) is 24.1 Å². The minimum absolute atomic E-state index is 0.165. The minimum Gasteiger partial charge on any atom is -0.315 e. The predicted molar refractivity (Wildman–Crippen MR) is 110 cm³/mol. The first-order valence-electron chi connectivity index (χ1n) is 8.23. The van der Waals surface area contributed by atoms with Crippen molar-refractivity contribution >= 4 is 45.3 Å². The third-order valence-corrected chi connectivity index (χ3v) is 4.45. The van der Waals surface area contributed by atoms with Crippen molar-refractivity contribution in [2.45, 2.75) is 6.54 Å². The second-order valence-electron chi connectivity index (χ2n) is 5.98. The van der Waals surface area contributed by atoms with E-state index in [-0.39, 0.29) is 17.7 Å². The molecular weight excluding hydrogens is 428 g/mol. The van der Waals surface area contributed by atoms with Crippen LogP contribution < -0.4 is 16.7 Å². The lowest BCUT2D eigenvalue weighted by Crippen LogP contribution is -2.38. The van der Waals surface area contributed by atoms with Crippen LogP contribution in [0.4, 0.5) is 0 Å². The molecule has 9 nitrogen and oxygen atoms in total. The number of carbonyl (C=O) groups excluding carboxylic acids is 1. The first-order chi connectivity index (χ1) is 13.4. The molecule has 0 unspecified atom stereocenters. The number of imidazole rings is 1. The zero-order chi connectivity index (χ0) is 20.3. The Morgan fingerprint density at radius 1 is 1.21 bits per heavy atom. The fourth-order valence-electron chi connectivity index (χ4n) is 2.62. The number of nitrogens with one attached hydrogen (secondary N) is 1. The lowest BCUT2D eigenvalue weighted by molar-refractivity contribution is -0.121. The summed E-state index contributed by atoms with van der Waals surface area (Å²) in [5.41, 5.74) is 2.78. The molecule has 2 aromatic heterocycles. The van der Waals surface area contributed by atoms with Crippen LogP contribution in [0.3, 0.4) is 0 Å². The van der Waals surface area contributed by atoms with Gasteiger partial charge in [-0.3, -0.25) is 18.7 Å². The van der Waals surface area contributed by atoms with E-state index >= 15 is 0 Å². The summed E-state index contributed by atoms with van der Waals surface area (Å²) >= 11 is 3.36. The van der Waals surface area contributed by atoms with Gasteiger partial charge < -0.3 is 4.57 Å². The molecule has 0 aliphatic carbocycles. The van der Waals surface area contributed by atoms with Crippen molar-refractivity contribution in [3.05, 3.63) is 67.5 Å². The fourth-order valence-corrected chi connectivity index (χ4v) is 2.99. The maximum Gasteiger partial charge on any atom is 0.332 e. The standard InChI is InChI=1S/C18H17BrN6O3/c1-23-16-15(17(27)24(2)18(23)28)25(11-20-16)10-14(26)22-21-9-13(19)8-12-6-4-3-5-7-12/h3-9,11H,10H2,1-2H3,(H,22,26). The smallest absolute Gasteiger partial charge is 0.315 e. The number of halogens is 1. The van der Waals surface area contributed by atoms with Gasteiger partial charge in [-0.2, -0.15) is 5.10 Å². The summed E-state index contributed by atoms with van der Waals surface area (Å²) in [5, 5.41) is 3.89. The summed E-state index contributed by atoms with van der Waals surface area (Å²) in [6, 6.07) is 9.63. The average Bonchev–Trinajstić information content (AvgIpc) is 3.09. The molecule has 0 aliphatic heterocycles. The molecule has 1 N–H and O–H groups in total. The molecule has 10 heteroatoms. The third kappa shape index (κ3) is 4.01. The Kier molecular flexibility index (Phi) is 5.69. The van der Waals surface area contributed by atoms with Crippen LogP contribution in [-0.2, 0) is 25.4 Å². The van der Waals surface area contributed by atoms with Gasteiger partial charge in [0.05, 0.1) is 12.5 Å². The zero-order valence-electron chi connectivity index (χ0n) is 15.2. The first kappa shape index (κ1) is 19.5. The van der Waals surface area contributed by atoms with Crippen LogP contribution in [0.15, 0.2) is 55.8 Å². The molecule has 0 atom stereocenters. The second kappa shape index (κ2) is 8.17. The second-order valence-corrected chi connectivity index (χ2v) is 6.90. The van der Waals surface area contributed by atoms with Gasteiger partial charge in [0.1, 0.15) is 6.54 Å². The summed E-state index contributed by atoms with van der Waals surface area (Å²) in [6.45, 7) is -0.165. The number of nitrogens with zero attached hydrogens (tertiary/aromatic N) is 5. The van der Waals surface area contributed by atoms with Crippen LogP contribution in [-0.4, -0.2) is 30.8 Å². The summed E-state index contributed by atoms with van der Waals surface area (Å²) in [7, 11) is 2.89. The molecule has 1 amide bonds. The van der Waals surface area contributed by atoms with Gasteiger partial charge in [0.25, 0.3) is 11.5 Å². The van der Waals surface area contributed by atoms with Crippen molar-refractivity contribution in [3.8, 4) is 0 Å². The van der Waals surface area contributed by atoms with Gasteiger partial charge in [-0.05, 0) is 27.6 Å². The Balaban J connectivity index is 1.73. The van der Waals surface area contributed by atoms with Crippen molar-refractivity contribution in [2.24, 2.45) is 19.2 Å². The highest BCUT2D eigenvalue weighted by Gasteiger charge is 2.15. The monoisotopic (exact) mass is 444 g/mol. The van der Waals surface area contributed by atoms with E-state index in [9.17, 15) is 14.4 Å². The number of aromatic nitrogens is 4. The summed E-state index contributed by atoms with van der Waals surface area (Å²) in [4.78, 5) is 40.5. The lowest BCUT2D eigenvalue weighted by atomic mass is 10.2. The summed E-state index contributed by atoms with van der Waals surface area (Å²) in [5.74, 6) is -0.438. The highest BCUT2D eigenvalue weighted by Crippen LogP contribution is 2.09. The highest BCUT2D eigenvalue weighted by molar-refractivity contribution is 9.12. The average molecular weight is 445 g/mol. The molecule has 3 aromatic rings. The summed E-state index contributed by atoms with van der Waals surface area (Å²) < 4.78 is 4.30. The van der Waals surface area contributed by atoms with E-state index in [0.29, 0.717) is 4.48 Å². The Morgan fingerprint density at radius 2 is 1.93 bits per heavy atom.